The van der Waals surface area contributed by atoms with Crippen LogP contribution in [0, 0.1) is 28.6 Å². The minimum absolute atomic E-state index is 0.00209. The lowest BCUT2D eigenvalue weighted by Gasteiger charge is -2.70. The summed E-state index contributed by atoms with van der Waals surface area (Å²) >= 11 is 0. The number of methoxy groups -OCH3 is 1. The number of nitrogens with one attached hydrogen (secondary N) is 3. The number of rotatable bonds is 31. The van der Waals surface area contributed by atoms with Crippen molar-refractivity contribution in [2.75, 3.05) is 66.5 Å². The van der Waals surface area contributed by atoms with E-state index in [0.29, 0.717) is 45.8 Å². The zero-order chi connectivity index (χ0) is 68.8. The van der Waals surface area contributed by atoms with Gasteiger partial charge in [0.05, 0.1) is 75.5 Å². The van der Waals surface area contributed by atoms with Crippen LogP contribution in [-0.2, 0) is 71.4 Å². The molecule has 7 N–H and O–H groups in total. The number of fused-ring (bicyclic) bond motifs is 5. The van der Waals surface area contributed by atoms with Crippen LogP contribution in [0.25, 0.3) is 0 Å². The summed E-state index contributed by atoms with van der Waals surface area (Å²) in [5.41, 5.74) is -8.48. The average molecular weight is 1320 g/mol. The molecule has 0 radical (unpaired) electrons. The highest BCUT2D eigenvalue weighted by Crippen LogP contribution is 2.66. The van der Waals surface area contributed by atoms with Gasteiger partial charge in [0, 0.05) is 56.6 Å². The van der Waals surface area contributed by atoms with Crippen molar-refractivity contribution in [3.8, 4) is 11.5 Å². The normalized spacial score (nSPS) is 27.6. The monoisotopic (exact) mass is 1320 g/mol. The number of carbonyl (C=O) groups is 8. The Hall–Kier alpha value is -7.30. The molecular formula is C68H93N3O23. The maximum atomic E-state index is 15.5. The second-order valence-electron chi connectivity index (χ2n) is 26.3. The Bertz CT molecular complexity index is 3070. The van der Waals surface area contributed by atoms with Gasteiger partial charge in [-0.2, -0.15) is 0 Å². The van der Waals surface area contributed by atoms with Crippen molar-refractivity contribution in [3.63, 3.8) is 0 Å². The van der Waals surface area contributed by atoms with E-state index in [1.165, 1.54) is 38.1 Å². The zero-order valence-corrected chi connectivity index (χ0v) is 55.2. The van der Waals surface area contributed by atoms with Gasteiger partial charge in [-0.1, -0.05) is 88.4 Å². The summed E-state index contributed by atoms with van der Waals surface area (Å²) < 4.78 is 64.1. The van der Waals surface area contributed by atoms with E-state index in [-0.39, 0.29) is 66.8 Å². The molecular weight excluding hydrogens is 1230 g/mol. The highest BCUT2D eigenvalue weighted by atomic mass is 16.6. The molecule has 1 heterocycles. The first kappa shape index (κ1) is 74.1. The molecule has 3 aliphatic carbocycles. The van der Waals surface area contributed by atoms with Crippen LogP contribution in [-0.4, -0.2) is 200 Å². The van der Waals surface area contributed by atoms with Crippen molar-refractivity contribution in [3.05, 3.63) is 96.1 Å². The lowest BCUT2D eigenvalue weighted by molar-refractivity contribution is -0.379. The maximum Gasteiger partial charge on any atom is 0.408 e. The molecule has 3 aromatic rings. The number of benzene rings is 3. The van der Waals surface area contributed by atoms with Crippen molar-refractivity contribution in [2.45, 2.75) is 172 Å². The van der Waals surface area contributed by atoms with Gasteiger partial charge in [0.25, 0.3) is 5.91 Å². The smallest absolute Gasteiger partial charge is 0.408 e. The van der Waals surface area contributed by atoms with Crippen LogP contribution in [0.2, 0.25) is 0 Å². The Labute approximate surface area is 547 Å². The highest BCUT2D eigenvalue weighted by Gasteiger charge is 2.79. The summed E-state index contributed by atoms with van der Waals surface area (Å²) in [6.45, 7) is 14.0. The first-order chi connectivity index (χ1) is 44.5. The average Bonchev–Trinajstić information content (AvgIpc) is 0.671. The lowest BCUT2D eigenvalue weighted by atomic mass is 9.42. The van der Waals surface area contributed by atoms with Crippen LogP contribution in [0.3, 0.4) is 0 Å². The van der Waals surface area contributed by atoms with Crippen LogP contribution in [0.1, 0.15) is 123 Å². The van der Waals surface area contributed by atoms with Crippen molar-refractivity contribution >= 4 is 47.6 Å². The number of unbranched alkanes of at least 4 members (excludes halogenated alkanes) is 1. The van der Waals surface area contributed by atoms with Gasteiger partial charge in [-0.15, -0.1) is 0 Å². The number of ether oxygens (including phenoxy) is 11. The van der Waals surface area contributed by atoms with Gasteiger partial charge in [0.2, 0.25) is 12.0 Å². The number of ketones is 1. The van der Waals surface area contributed by atoms with Gasteiger partial charge < -0.3 is 88.5 Å². The molecule has 3 saturated carbocycles. The van der Waals surface area contributed by atoms with E-state index in [4.69, 9.17) is 52.1 Å². The molecule has 1 saturated heterocycles. The molecule has 4 aliphatic rings. The van der Waals surface area contributed by atoms with Crippen LogP contribution in [0.15, 0.2) is 84.9 Å². The number of carbonyl (C=O) groups excluding carboxylic acids is 8. The van der Waals surface area contributed by atoms with Crippen LogP contribution >= 0.6 is 0 Å². The molecule has 94 heavy (non-hydrogen) atoms. The minimum atomic E-state index is -2.42. The van der Waals surface area contributed by atoms with Gasteiger partial charge in [-0.05, 0) is 82.7 Å². The minimum Gasteiger partial charge on any atom is -0.480 e. The summed E-state index contributed by atoms with van der Waals surface area (Å²) in [6.07, 6.45) is -12.1. The Balaban J connectivity index is 1.11. The zero-order valence-electron chi connectivity index (χ0n) is 55.2. The van der Waals surface area contributed by atoms with Crippen molar-refractivity contribution < 1.29 is 111 Å². The lowest BCUT2D eigenvalue weighted by Crippen LogP contribution is -2.83. The third-order valence-electron chi connectivity index (χ3n) is 18.5. The number of esters is 4. The van der Waals surface area contributed by atoms with Crippen LogP contribution in [0.5, 0.6) is 11.5 Å². The number of alkyl carbamates (subject to hydrolysis) is 1. The predicted octanol–water partition coefficient (Wildman–Crippen LogP) is 4.43. The topological polar surface area (TPSA) is 355 Å². The molecule has 3 aromatic carbocycles. The first-order valence-corrected chi connectivity index (χ1v) is 31.8. The number of amides is 3. The van der Waals surface area contributed by atoms with E-state index >= 15 is 4.79 Å². The van der Waals surface area contributed by atoms with Crippen molar-refractivity contribution in [2.24, 2.45) is 28.6 Å². The quantitative estimate of drug-likeness (QED) is 0.0266. The standard InChI is InChI=1S/C68H93N3O23/c1-40-48(36-68(83)60(92-61(80)44-23-15-12-16-24-44)58-66(9,59(79)56(78)54(40)65(68,7)8)49(74)35-50-67(58,39-89-50)93-42(3)73)90-62(81)57(55(43-21-13-11-14-22-43)71-63(82)94-64(4,5)6)91-53(77)38-88-47-27-18-17-26-46(47)87-37-52(76)70-45(41(2)72)25-19-20-29-69-51(75)28-30-85-33-34-86-32-31-84-10/h11-18,21-24,26-27,40,45,48-50,54-60,74,78-79,83H,19-20,25,28-39H2,1-10H3,(H,69,75)(H,70,76)(H,71,82)/t40?,45?,48-,49-,50+,54+,55-,56+,57+,58-,59+,60-,66+,67-,68+/m0/s1. The molecule has 1 aliphatic heterocycles. The third kappa shape index (κ3) is 17.6. The molecule has 7 rings (SSSR count). The molecule has 2 unspecified atom stereocenters. The molecule has 0 aromatic heterocycles. The van der Waals surface area contributed by atoms with E-state index < -0.39 is 156 Å². The van der Waals surface area contributed by atoms with E-state index in [1.807, 2.05) is 0 Å². The number of para-hydroxylation sites is 2. The van der Waals surface area contributed by atoms with Crippen molar-refractivity contribution in [1.29, 1.82) is 0 Å². The number of Topliss-reactive ketones (excluding diaryl/α,β-unsaturated/α-hetero) is 1. The highest BCUT2D eigenvalue weighted by molar-refractivity contribution is 5.90. The molecule has 0 spiro atoms. The summed E-state index contributed by atoms with van der Waals surface area (Å²) in [6, 6.07) is 19.4. The summed E-state index contributed by atoms with van der Waals surface area (Å²) in [5, 5.41) is 59.8. The van der Waals surface area contributed by atoms with E-state index in [2.05, 4.69) is 16.0 Å². The van der Waals surface area contributed by atoms with Gasteiger partial charge in [-0.25, -0.2) is 19.2 Å². The number of aliphatic hydroxyl groups excluding tert-OH is 3. The fourth-order valence-corrected chi connectivity index (χ4v) is 13.6. The molecule has 26 nitrogen and oxygen atoms in total. The van der Waals surface area contributed by atoms with Crippen LogP contribution in [0.4, 0.5) is 4.79 Å². The Kier molecular flexibility index (Phi) is 25.6. The number of hydrogen-bond acceptors (Lipinski definition) is 23. The second-order valence-corrected chi connectivity index (χ2v) is 26.3. The molecule has 15 atom stereocenters. The van der Waals surface area contributed by atoms with E-state index in [0.717, 1.165) is 6.92 Å². The first-order valence-electron chi connectivity index (χ1n) is 31.8. The molecule has 518 valence electrons. The molecule has 26 heteroatoms. The maximum absolute atomic E-state index is 15.5. The van der Waals surface area contributed by atoms with Crippen LogP contribution < -0.4 is 25.4 Å². The van der Waals surface area contributed by atoms with Gasteiger partial charge >= 0.3 is 30.0 Å². The SMILES string of the molecule is COCCOCCOCCC(=O)NCCCCC(NC(=O)COc1ccccc1OCC(=O)O[C@@H](C(=O)O[C@H]1C[C@@]2(O)[C@@H](OC(=O)c3ccccc3)[C@@H]3[C@]4(OC(C)=O)CO[C@@H]4C[C@H](O)[C@@]3(C)[C@H](O)[C@H](O)[C@@H](C1C)C2(C)C)[C@@H](NC(=O)OC(C)(C)C)c1ccccc1)C(C)=O. The predicted molar refractivity (Wildman–Crippen MR) is 333 cm³/mol. The number of aliphatic hydroxyl groups is 4. The van der Waals surface area contributed by atoms with Crippen molar-refractivity contribution in [1.82, 2.24) is 16.0 Å². The van der Waals surface area contributed by atoms with E-state index in [9.17, 15) is 54.0 Å². The van der Waals surface area contributed by atoms with E-state index in [1.54, 1.807) is 109 Å². The largest absolute Gasteiger partial charge is 0.480 e. The Morgan fingerprint density at radius 1 is 0.755 bits per heavy atom. The van der Waals surface area contributed by atoms with Gasteiger partial charge in [-0.3, -0.25) is 19.2 Å². The fourth-order valence-electron chi connectivity index (χ4n) is 13.6. The second kappa shape index (κ2) is 32.4. The molecule has 4 fully saturated rings. The molecule has 2 bridgehead atoms. The Morgan fingerprint density at radius 3 is 1.98 bits per heavy atom. The summed E-state index contributed by atoms with van der Waals surface area (Å²) in [7, 11) is 1.58. The number of hydrogen-bond donors (Lipinski definition) is 7. The van der Waals surface area contributed by atoms with Gasteiger partial charge in [0.1, 0.15) is 35.6 Å². The third-order valence-corrected chi connectivity index (χ3v) is 18.5. The summed E-state index contributed by atoms with van der Waals surface area (Å²) in [5.74, 6) is -9.20. The summed E-state index contributed by atoms with van der Waals surface area (Å²) in [4.78, 5) is 110. The molecule has 3 amide bonds. The van der Waals surface area contributed by atoms with Gasteiger partial charge in [0.15, 0.2) is 36.1 Å². The Morgan fingerprint density at radius 2 is 1.37 bits per heavy atom. The fraction of sp³-hybridized carbons (Fsp3) is 0.618.